The molecule has 0 atom stereocenters. The minimum Gasteiger partial charge on any atom is -0.353 e. The fourth-order valence-corrected chi connectivity index (χ4v) is 3.40. The molecule has 6 nitrogen and oxygen atoms in total. The molecular weight excluding hydrogens is 408 g/mol. The predicted octanol–water partition coefficient (Wildman–Crippen LogP) is 3.16. The number of carbonyl (C=O) groups is 2. The molecule has 7 heteroatoms. The molecule has 4 rings (SSSR count). The number of halogens is 1. The van der Waals surface area contributed by atoms with Crippen LogP contribution in [0, 0.1) is 5.92 Å². The van der Waals surface area contributed by atoms with Gasteiger partial charge in [0.2, 0.25) is 5.91 Å². The molecule has 2 aromatic rings. The van der Waals surface area contributed by atoms with Crippen LogP contribution in [-0.4, -0.2) is 47.9 Å². The van der Waals surface area contributed by atoms with E-state index in [9.17, 15) is 9.59 Å². The lowest BCUT2D eigenvalue weighted by Crippen LogP contribution is -2.49. The van der Waals surface area contributed by atoms with E-state index in [2.05, 4.69) is 31.1 Å². The number of pyridine rings is 1. The van der Waals surface area contributed by atoms with Crippen LogP contribution in [0.25, 0.3) is 0 Å². The fraction of sp³-hybridized carbons (Fsp3) is 0.350. The largest absolute Gasteiger partial charge is 0.353 e. The highest BCUT2D eigenvalue weighted by atomic mass is 79.9. The number of piperazine rings is 1. The number of nitrogens with zero attached hydrogens (tertiary/aromatic N) is 3. The van der Waals surface area contributed by atoms with E-state index in [1.54, 1.807) is 30.5 Å². The highest BCUT2D eigenvalue weighted by molar-refractivity contribution is 9.10. The summed E-state index contributed by atoms with van der Waals surface area (Å²) in [5, 5.41) is 2.90. The summed E-state index contributed by atoms with van der Waals surface area (Å²) in [7, 11) is 0. The van der Waals surface area contributed by atoms with Crippen molar-refractivity contribution in [3.05, 3.63) is 52.6 Å². The van der Waals surface area contributed by atoms with Crippen molar-refractivity contribution in [1.29, 1.82) is 0 Å². The van der Waals surface area contributed by atoms with E-state index in [4.69, 9.17) is 0 Å². The number of anilines is 2. The highest BCUT2D eigenvalue weighted by Crippen LogP contribution is 2.30. The molecule has 0 bridgehead atoms. The van der Waals surface area contributed by atoms with Crippen LogP contribution in [0.15, 0.2) is 47.1 Å². The summed E-state index contributed by atoms with van der Waals surface area (Å²) in [6.07, 6.45) is 3.74. The van der Waals surface area contributed by atoms with E-state index in [1.165, 1.54) is 0 Å². The van der Waals surface area contributed by atoms with Crippen molar-refractivity contribution in [3.8, 4) is 0 Å². The van der Waals surface area contributed by atoms with Crippen molar-refractivity contribution in [1.82, 2.24) is 9.88 Å². The van der Waals surface area contributed by atoms with E-state index in [0.29, 0.717) is 18.7 Å². The summed E-state index contributed by atoms with van der Waals surface area (Å²) in [5.41, 5.74) is 1.39. The van der Waals surface area contributed by atoms with Crippen LogP contribution < -0.4 is 10.2 Å². The molecule has 2 aliphatic rings. The fourth-order valence-electron chi connectivity index (χ4n) is 3.16. The lowest BCUT2D eigenvalue weighted by Gasteiger charge is -2.35. The number of rotatable bonds is 4. The highest BCUT2D eigenvalue weighted by Gasteiger charge is 2.29. The lowest BCUT2D eigenvalue weighted by atomic mass is 10.1. The number of aromatic nitrogens is 1. The number of nitrogens with one attached hydrogen (secondary N) is 1. The Morgan fingerprint density at radius 2 is 1.70 bits per heavy atom. The first-order valence-corrected chi connectivity index (χ1v) is 9.96. The molecule has 1 aliphatic carbocycles. The SMILES string of the molecule is O=C(Nc1ccc(C(=O)N2CCN(c3ccc(Br)cn3)CC2)cc1)C1CC1. The third kappa shape index (κ3) is 4.30. The average molecular weight is 429 g/mol. The number of benzene rings is 1. The summed E-state index contributed by atoms with van der Waals surface area (Å²) in [5.74, 6) is 1.20. The molecule has 1 saturated heterocycles. The summed E-state index contributed by atoms with van der Waals surface area (Å²) in [4.78, 5) is 33.0. The molecule has 1 aliphatic heterocycles. The molecule has 2 heterocycles. The summed E-state index contributed by atoms with van der Waals surface area (Å²) >= 11 is 3.39. The molecule has 140 valence electrons. The number of carbonyl (C=O) groups excluding carboxylic acids is 2. The zero-order chi connectivity index (χ0) is 18.8. The molecule has 0 spiro atoms. The Kier molecular flexibility index (Phi) is 5.11. The Morgan fingerprint density at radius 3 is 2.30 bits per heavy atom. The van der Waals surface area contributed by atoms with Crippen molar-refractivity contribution < 1.29 is 9.59 Å². The van der Waals surface area contributed by atoms with Crippen molar-refractivity contribution >= 4 is 39.2 Å². The van der Waals surface area contributed by atoms with Gasteiger partial charge >= 0.3 is 0 Å². The summed E-state index contributed by atoms with van der Waals surface area (Å²) in [6, 6.07) is 11.1. The molecule has 0 unspecified atom stereocenters. The first kappa shape index (κ1) is 18.0. The first-order valence-electron chi connectivity index (χ1n) is 9.17. The Bertz CT molecular complexity index is 826. The van der Waals surface area contributed by atoms with E-state index in [1.807, 2.05) is 17.0 Å². The Labute approximate surface area is 166 Å². The predicted molar refractivity (Wildman–Crippen MR) is 108 cm³/mol. The standard InChI is InChI=1S/C20H21BrN4O2/c21-16-5-8-18(22-13-16)24-9-11-25(12-10-24)20(27)15-3-6-17(7-4-15)23-19(26)14-1-2-14/h3-8,13-14H,1-2,9-12H2,(H,23,26). The van der Waals surface area contributed by atoms with E-state index < -0.39 is 0 Å². The van der Waals surface area contributed by atoms with Crippen LogP contribution in [0.5, 0.6) is 0 Å². The monoisotopic (exact) mass is 428 g/mol. The van der Waals surface area contributed by atoms with Crippen LogP contribution in [0.2, 0.25) is 0 Å². The maximum absolute atomic E-state index is 12.7. The second-order valence-corrected chi connectivity index (χ2v) is 7.87. The second kappa shape index (κ2) is 7.68. The molecule has 1 saturated carbocycles. The third-order valence-corrected chi connectivity index (χ3v) is 5.42. The molecule has 1 aromatic carbocycles. The number of amides is 2. The lowest BCUT2D eigenvalue weighted by molar-refractivity contribution is -0.117. The average Bonchev–Trinajstić information content (AvgIpc) is 3.54. The molecule has 1 N–H and O–H groups in total. The summed E-state index contributed by atoms with van der Waals surface area (Å²) < 4.78 is 0.955. The molecule has 1 aromatic heterocycles. The van der Waals surface area contributed by atoms with Gasteiger partial charge in [0.05, 0.1) is 0 Å². The van der Waals surface area contributed by atoms with Gasteiger partial charge in [-0.1, -0.05) is 0 Å². The van der Waals surface area contributed by atoms with E-state index in [0.717, 1.165) is 41.9 Å². The van der Waals surface area contributed by atoms with Crippen LogP contribution in [0.3, 0.4) is 0 Å². The van der Waals surface area contributed by atoms with Gasteiger partial charge < -0.3 is 15.1 Å². The molecule has 2 amide bonds. The van der Waals surface area contributed by atoms with Gasteiger partial charge in [0, 0.05) is 54.0 Å². The second-order valence-electron chi connectivity index (χ2n) is 6.95. The van der Waals surface area contributed by atoms with Gasteiger partial charge in [-0.15, -0.1) is 0 Å². The minimum absolute atomic E-state index is 0.0264. The third-order valence-electron chi connectivity index (χ3n) is 4.95. The zero-order valence-corrected chi connectivity index (χ0v) is 16.5. The van der Waals surface area contributed by atoms with Gasteiger partial charge in [-0.25, -0.2) is 4.98 Å². The summed E-state index contributed by atoms with van der Waals surface area (Å²) in [6.45, 7) is 2.85. The quantitative estimate of drug-likeness (QED) is 0.811. The zero-order valence-electron chi connectivity index (χ0n) is 14.9. The van der Waals surface area contributed by atoms with Gasteiger partial charge in [0.15, 0.2) is 0 Å². The number of hydrogen-bond donors (Lipinski definition) is 1. The molecule has 2 fully saturated rings. The van der Waals surface area contributed by atoms with Crippen LogP contribution in [-0.2, 0) is 4.79 Å². The molecule has 0 radical (unpaired) electrons. The molecular formula is C20H21BrN4O2. The van der Waals surface area contributed by atoms with Crippen molar-refractivity contribution in [2.75, 3.05) is 36.4 Å². The van der Waals surface area contributed by atoms with Gasteiger partial charge in [-0.3, -0.25) is 9.59 Å². The Hall–Kier alpha value is -2.41. The minimum atomic E-state index is 0.0264. The smallest absolute Gasteiger partial charge is 0.253 e. The normalized spacial score (nSPS) is 16.9. The van der Waals surface area contributed by atoms with Crippen molar-refractivity contribution in [2.24, 2.45) is 5.92 Å². The first-order chi connectivity index (χ1) is 13.1. The molecule has 27 heavy (non-hydrogen) atoms. The Morgan fingerprint density at radius 1 is 1.00 bits per heavy atom. The van der Waals surface area contributed by atoms with Gasteiger partial charge in [-0.2, -0.15) is 0 Å². The Balaban J connectivity index is 1.33. The van der Waals surface area contributed by atoms with Crippen LogP contribution in [0.1, 0.15) is 23.2 Å². The van der Waals surface area contributed by atoms with Gasteiger partial charge in [0.1, 0.15) is 5.82 Å². The topological polar surface area (TPSA) is 65.5 Å². The van der Waals surface area contributed by atoms with Crippen LogP contribution in [0.4, 0.5) is 11.5 Å². The van der Waals surface area contributed by atoms with Crippen molar-refractivity contribution in [2.45, 2.75) is 12.8 Å². The van der Waals surface area contributed by atoms with E-state index >= 15 is 0 Å². The maximum atomic E-state index is 12.7. The van der Waals surface area contributed by atoms with Crippen LogP contribution >= 0.6 is 15.9 Å². The van der Waals surface area contributed by atoms with Crippen molar-refractivity contribution in [3.63, 3.8) is 0 Å². The van der Waals surface area contributed by atoms with Gasteiger partial charge in [0.25, 0.3) is 5.91 Å². The van der Waals surface area contributed by atoms with Gasteiger partial charge in [-0.05, 0) is 65.2 Å². The number of hydrogen-bond acceptors (Lipinski definition) is 4. The maximum Gasteiger partial charge on any atom is 0.253 e. The van der Waals surface area contributed by atoms with E-state index in [-0.39, 0.29) is 17.7 Å².